The van der Waals surface area contributed by atoms with Crippen LogP contribution in [0.2, 0.25) is 0 Å². The summed E-state index contributed by atoms with van der Waals surface area (Å²) in [6, 6.07) is 0. The number of ether oxygens (including phenoxy) is 3. The molecule has 0 atom stereocenters. The molecule has 0 rings (SSSR count). The Morgan fingerprint density at radius 3 is 1.57 bits per heavy atom. The highest BCUT2D eigenvalue weighted by atomic mass is 16.6. The Kier molecular flexibility index (Phi) is 9.52. The number of rotatable bonds is 11. The standard InChI is InChI=1S/C14H23NO8/c1-4-21-11(16)7-9-14(15(19)20,13(18)23-6-3)10-8-12(17)22-5-2/h4-10H2,1-3H3. The van der Waals surface area contributed by atoms with Crippen molar-refractivity contribution in [1.82, 2.24) is 0 Å². The quantitative estimate of drug-likeness (QED) is 0.240. The van der Waals surface area contributed by atoms with Crippen molar-refractivity contribution in [1.29, 1.82) is 0 Å². The van der Waals surface area contributed by atoms with Crippen molar-refractivity contribution in [2.24, 2.45) is 0 Å². The highest BCUT2D eigenvalue weighted by molar-refractivity contribution is 5.81. The molecule has 0 aliphatic carbocycles. The molecule has 0 aliphatic rings. The molecule has 0 heterocycles. The monoisotopic (exact) mass is 333 g/mol. The summed E-state index contributed by atoms with van der Waals surface area (Å²) in [5, 5.41) is 11.5. The van der Waals surface area contributed by atoms with E-state index in [1.807, 2.05) is 0 Å². The molecule has 0 spiro atoms. The maximum Gasteiger partial charge on any atom is 0.384 e. The van der Waals surface area contributed by atoms with Crippen LogP contribution in [0.25, 0.3) is 0 Å². The van der Waals surface area contributed by atoms with Gasteiger partial charge in [-0.05, 0) is 20.8 Å². The molecule has 9 heteroatoms. The van der Waals surface area contributed by atoms with Crippen molar-refractivity contribution in [2.75, 3.05) is 19.8 Å². The van der Waals surface area contributed by atoms with Gasteiger partial charge >= 0.3 is 23.4 Å². The van der Waals surface area contributed by atoms with Gasteiger partial charge in [-0.15, -0.1) is 0 Å². The minimum absolute atomic E-state index is 0.0484. The fraction of sp³-hybridized carbons (Fsp3) is 0.786. The van der Waals surface area contributed by atoms with Gasteiger partial charge in [-0.25, -0.2) is 4.79 Å². The molecule has 9 nitrogen and oxygen atoms in total. The summed E-state index contributed by atoms with van der Waals surface area (Å²) in [5.74, 6) is -2.38. The molecule has 132 valence electrons. The van der Waals surface area contributed by atoms with Crippen LogP contribution in [0.15, 0.2) is 0 Å². The lowest BCUT2D eigenvalue weighted by Gasteiger charge is -2.22. The zero-order valence-electron chi connectivity index (χ0n) is 13.7. The number of nitro groups is 1. The Bertz CT molecular complexity index is 412. The van der Waals surface area contributed by atoms with E-state index in [1.54, 1.807) is 13.8 Å². The van der Waals surface area contributed by atoms with Crippen LogP contribution < -0.4 is 0 Å². The van der Waals surface area contributed by atoms with Crippen molar-refractivity contribution in [2.45, 2.75) is 52.0 Å². The fourth-order valence-electron chi connectivity index (χ4n) is 1.94. The number of nitrogens with zero attached hydrogens (tertiary/aromatic N) is 1. The molecule has 0 saturated carbocycles. The van der Waals surface area contributed by atoms with Gasteiger partial charge in [0.1, 0.15) is 0 Å². The Hall–Kier alpha value is -2.19. The van der Waals surface area contributed by atoms with Crippen LogP contribution in [0.5, 0.6) is 0 Å². The first-order valence-corrected chi connectivity index (χ1v) is 7.47. The number of carbonyl (C=O) groups is 3. The average Bonchev–Trinajstić information content (AvgIpc) is 2.48. The van der Waals surface area contributed by atoms with Crippen LogP contribution in [-0.2, 0) is 28.6 Å². The Labute approximate surface area is 134 Å². The fourth-order valence-corrected chi connectivity index (χ4v) is 1.94. The first-order valence-electron chi connectivity index (χ1n) is 7.47. The summed E-state index contributed by atoms with van der Waals surface area (Å²) in [4.78, 5) is 45.6. The topological polar surface area (TPSA) is 122 Å². The van der Waals surface area contributed by atoms with E-state index >= 15 is 0 Å². The van der Waals surface area contributed by atoms with Crippen molar-refractivity contribution < 1.29 is 33.5 Å². The van der Waals surface area contributed by atoms with Crippen LogP contribution >= 0.6 is 0 Å². The summed E-state index contributed by atoms with van der Waals surface area (Å²) in [5.41, 5.74) is -2.17. The van der Waals surface area contributed by atoms with E-state index < -0.39 is 41.2 Å². The molecule has 0 radical (unpaired) electrons. The van der Waals surface area contributed by atoms with E-state index in [4.69, 9.17) is 14.2 Å². The Balaban J connectivity index is 5.18. The molecule has 0 aliphatic heterocycles. The van der Waals surface area contributed by atoms with Crippen molar-refractivity contribution in [3.8, 4) is 0 Å². The Morgan fingerprint density at radius 1 is 0.870 bits per heavy atom. The van der Waals surface area contributed by atoms with Gasteiger partial charge in [-0.1, -0.05) is 0 Å². The SMILES string of the molecule is CCOC(=O)CCC(CCC(=O)OCC)(C(=O)OCC)[N+](=O)[O-]. The maximum absolute atomic E-state index is 12.1. The molecule has 0 fully saturated rings. The predicted molar refractivity (Wildman–Crippen MR) is 78.1 cm³/mol. The molecule has 0 aromatic rings. The first kappa shape index (κ1) is 20.8. The third-order valence-electron chi connectivity index (χ3n) is 3.10. The summed E-state index contributed by atoms with van der Waals surface area (Å²) < 4.78 is 14.2. The van der Waals surface area contributed by atoms with E-state index in [-0.39, 0.29) is 32.7 Å². The minimum atomic E-state index is -2.17. The van der Waals surface area contributed by atoms with E-state index in [0.717, 1.165) is 0 Å². The van der Waals surface area contributed by atoms with Crippen molar-refractivity contribution in [3.63, 3.8) is 0 Å². The third kappa shape index (κ3) is 6.62. The van der Waals surface area contributed by atoms with E-state index in [0.29, 0.717) is 0 Å². The van der Waals surface area contributed by atoms with E-state index in [2.05, 4.69) is 0 Å². The lowest BCUT2D eigenvalue weighted by Crippen LogP contribution is -2.48. The average molecular weight is 333 g/mol. The van der Waals surface area contributed by atoms with Gasteiger partial charge in [0.15, 0.2) is 0 Å². The highest BCUT2D eigenvalue weighted by Gasteiger charge is 2.52. The number of esters is 3. The largest absolute Gasteiger partial charge is 0.466 e. The normalized spacial score (nSPS) is 10.7. The number of hydrogen-bond acceptors (Lipinski definition) is 8. The van der Waals surface area contributed by atoms with Gasteiger partial charge in [0.05, 0.1) is 32.7 Å². The first-order chi connectivity index (χ1) is 10.8. The number of hydrogen-bond donors (Lipinski definition) is 0. The molecule has 0 bridgehead atoms. The van der Waals surface area contributed by atoms with Crippen LogP contribution in [0.1, 0.15) is 46.5 Å². The van der Waals surface area contributed by atoms with Crippen molar-refractivity contribution in [3.05, 3.63) is 10.1 Å². The maximum atomic E-state index is 12.1. The van der Waals surface area contributed by atoms with Gasteiger partial charge < -0.3 is 14.2 Å². The summed E-state index contributed by atoms with van der Waals surface area (Å²) in [6.45, 7) is 4.93. The summed E-state index contributed by atoms with van der Waals surface area (Å²) in [7, 11) is 0. The molecule has 0 aromatic carbocycles. The molecule has 0 aromatic heterocycles. The molecule has 0 amide bonds. The molecular formula is C14H23NO8. The third-order valence-corrected chi connectivity index (χ3v) is 3.10. The van der Waals surface area contributed by atoms with Gasteiger partial charge in [0, 0.05) is 17.8 Å². The minimum Gasteiger partial charge on any atom is -0.466 e. The van der Waals surface area contributed by atoms with Crippen molar-refractivity contribution >= 4 is 17.9 Å². The lowest BCUT2D eigenvalue weighted by atomic mass is 9.88. The lowest BCUT2D eigenvalue weighted by molar-refractivity contribution is -0.557. The Morgan fingerprint density at radius 2 is 1.26 bits per heavy atom. The summed E-state index contributed by atoms with van der Waals surface area (Å²) in [6.07, 6.45) is -1.46. The smallest absolute Gasteiger partial charge is 0.384 e. The van der Waals surface area contributed by atoms with Gasteiger partial charge in [-0.2, -0.15) is 0 Å². The van der Waals surface area contributed by atoms with E-state index in [1.165, 1.54) is 6.92 Å². The van der Waals surface area contributed by atoms with E-state index in [9.17, 15) is 24.5 Å². The zero-order valence-corrected chi connectivity index (χ0v) is 13.7. The molecule has 0 N–H and O–H groups in total. The second kappa shape index (κ2) is 10.5. The second-order valence-corrected chi connectivity index (χ2v) is 4.62. The van der Waals surface area contributed by atoms with Gasteiger partial charge in [-0.3, -0.25) is 19.7 Å². The van der Waals surface area contributed by atoms with Gasteiger partial charge in [0.25, 0.3) is 0 Å². The second-order valence-electron chi connectivity index (χ2n) is 4.62. The molecule has 0 unspecified atom stereocenters. The molecular weight excluding hydrogens is 310 g/mol. The van der Waals surface area contributed by atoms with Gasteiger partial charge in [0.2, 0.25) is 0 Å². The highest BCUT2D eigenvalue weighted by Crippen LogP contribution is 2.26. The van der Waals surface area contributed by atoms with Crippen LogP contribution in [0, 0.1) is 10.1 Å². The van der Waals surface area contributed by atoms with Crippen LogP contribution in [0.3, 0.4) is 0 Å². The number of carbonyl (C=O) groups excluding carboxylic acids is 3. The summed E-state index contributed by atoms with van der Waals surface area (Å²) >= 11 is 0. The predicted octanol–water partition coefficient (Wildman–Crippen LogP) is 1.25. The zero-order chi connectivity index (χ0) is 17.9. The molecule has 0 saturated heterocycles. The van der Waals surface area contributed by atoms with Crippen LogP contribution in [0.4, 0.5) is 0 Å². The molecule has 23 heavy (non-hydrogen) atoms. The van der Waals surface area contributed by atoms with Crippen LogP contribution in [-0.4, -0.2) is 48.2 Å².